The number of nitrogen functional groups attached to an aromatic ring is 1. The van der Waals surface area contributed by atoms with Crippen LogP contribution in [0.15, 0.2) is 42.4 Å². The minimum Gasteiger partial charge on any atom is -0.393 e. The largest absolute Gasteiger partial charge is 0.393 e. The number of thiazole rings is 1. The van der Waals surface area contributed by atoms with Crippen LogP contribution in [0.4, 0.5) is 22.5 Å². The summed E-state index contributed by atoms with van der Waals surface area (Å²) in [5.74, 6) is 1.11. The van der Waals surface area contributed by atoms with E-state index in [1.165, 1.54) is 17.7 Å². The number of aromatic nitrogens is 4. The van der Waals surface area contributed by atoms with Crippen LogP contribution in [0.25, 0.3) is 0 Å². The van der Waals surface area contributed by atoms with Gasteiger partial charge in [-0.25, -0.2) is 15.0 Å². The third-order valence-electron chi connectivity index (χ3n) is 2.72. The number of nitrogens with zero attached hydrogens (tertiary/aromatic N) is 4. The van der Waals surface area contributed by atoms with Crippen LogP contribution in [0.5, 0.6) is 0 Å². The van der Waals surface area contributed by atoms with Crippen molar-refractivity contribution in [2.45, 2.75) is 6.54 Å². The van der Waals surface area contributed by atoms with Crippen molar-refractivity contribution in [2.24, 2.45) is 0 Å². The highest BCUT2D eigenvalue weighted by molar-refractivity contribution is 7.13. The molecule has 4 N–H and O–H groups in total. The van der Waals surface area contributed by atoms with Gasteiger partial charge in [-0.15, -0.1) is 11.3 Å². The zero-order valence-corrected chi connectivity index (χ0v) is 11.8. The van der Waals surface area contributed by atoms with E-state index in [4.69, 9.17) is 5.73 Å². The van der Waals surface area contributed by atoms with E-state index in [9.17, 15) is 0 Å². The lowest BCUT2D eigenvalue weighted by Gasteiger charge is -2.11. The van der Waals surface area contributed by atoms with E-state index in [2.05, 4.69) is 30.6 Å². The Morgan fingerprint density at radius 2 is 2.05 bits per heavy atom. The molecule has 0 spiro atoms. The number of hydrogen-bond donors (Lipinski definition) is 3. The smallest absolute Gasteiger partial charge is 0.188 e. The average Bonchev–Trinajstić information content (AvgIpc) is 3.02. The van der Waals surface area contributed by atoms with E-state index < -0.39 is 0 Å². The molecule has 0 atom stereocenters. The SMILES string of the molecule is Nc1c(NCc2cccnc2)ncnc1Nc1nccs1. The summed E-state index contributed by atoms with van der Waals surface area (Å²) in [6, 6.07) is 3.86. The molecule has 0 saturated heterocycles. The van der Waals surface area contributed by atoms with Crippen molar-refractivity contribution in [3.05, 3.63) is 48.0 Å². The number of pyridine rings is 1. The maximum Gasteiger partial charge on any atom is 0.188 e. The Balaban J connectivity index is 1.74. The topological polar surface area (TPSA) is 102 Å². The van der Waals surface area contributed by atoms with Crippen LogP contribution in [-0.4, -0.2) is 19.9 Å². The molecule has 3 rings (SSSR count). The number of rotatable bonds is 5. The number of nitrogens with two attached hydrogens (primary N) is 1. The Morgan fingerprint density at radius 1 is 1.14 bits per heavy atom. The fourth-order valence-corrected chi connectivity index (χ4v) is 2.24. The van der Waals surface area contributed by atoms with Crippen LogP contribution < -0.4 is 16.4 Å². The summed E-state index contributed by atoms with van der Waals surface area (Å²) in [7, 11) is 0. The Morgan fingerprint density at radius 3 is 2.81 bits per heavy atom. The average molecular weight is 299 g/mol. The number of nitrogens with one attached hydrogen (secondary N) is 2. The fraction of sp³-hybridized carbons (Fsp3) is 0.0769. The molecule has 0 fully saturated rings. The van der Waals surface area contributed by atoms with E-state index in [-0.39, 0.29) is 0 Å². The first-order valence-electron chi connectivity index (χ1n) is 6.22. The molecule has 0 aliphatic rings. The summed E-state index contributed by atoms with van der Waals surface area (Å²) in [5.41, 5.74) is 7.58. The molecule has 8 heteroatoms. The molecular weight excluding hydrogens is 286 g/mol. The molecule has 0 saturated carbocycles. The molecule has 3 aromatic rings. The predicted molar refractivity (Wildman–Crippen MR) is 83.4 cm³/mol. The first-order valence-corrected chi connectivity index (χ1v) is 7.10. The van der Waals surface area contributed by atoms with Gasteiger partial charge in [0.05, 0.1) is 0 Å². The molecule has 106 valence electrons. The standard InChI is InChI=1S/C13H13N7S/c14-10-11(17-7-9-2-1-3-15-6-9)18-8-19-12(10)20-13-16-4-5-21-13/h1-6,8H,7,14H2,(H2,16,17,18,19,20). The van der Waals surface area contributed by atoms with E-state index in [0.29, 0.717) is 23.9 Å². The van der Waals surface area contributed by atoms with Crippen LogP contribution in [0.3, 0.4) is 0 Å². The molecule has 0 aliphatic heterocycles. The third-order valence-corrected chi connectivity index (χ3v) is 3.41. The second kappa shape index (κ2) is 6.14. The first kappa shape index (κ1) is 13.3. The van der Waals surface area contributed by atoms with Gasteiger partial charge in [-0.05, 0) is 11.6 Å². The van der Waals surface area contributed by atoms with Crippen molar-refractivity contribution >= 4 is 33.8 Å². The summed E-state index contributed by atoms with van der Waals surface area (Å²) in [6.45, 7) is 0.589. The van der Waals surface area contributed by atoms with Gasteiger partial charge in [0.2, 0.25) is 0 Å². The maximum absolute atomic E-state index is 6.08. The Bertz CT molecular complexity index is 700. The molecule has 0 radical (unpaired) electrons. The zero-order chi connectivity index (χ0) is 14.5. The van der Waals surface area contributed by atoms with Gasteiger partial charge in [0.1, 0.15) is 12.0 Å². The minimum absolute atomic E-state index is 0.455. The highest BCUT2D eigenvalue weighted by atomic mass is 32.1. The predicted octanol–water partition coefficient (Wildman–Crippen LogP) is 2.27. The lowest BCUT2D eigenvalue weighted by molar-refractivity contribution is 1.07. The Kier molecular flexibility index (Phi) is 3.88. The summed E-state index contributed by atoms with van der Waals surface area (Å²) >= 11 is 1.48. The van der Waals surface area contributed by atoms with Crippen molar-refractivity contribution in [3.63, 3.8) is 0 Å². The highest BCUT2D eigenvalue weighted by Crippen LogP contribution is 2.26. The van der Waals surface area contributed by atoms with E-state index >= 15 is 0 Å². The van der Waals surface area contributed by atoms with Gasteiger partial charge in [-0.2, -0.15) is 0 Å². The van der Waals surface area contributed by atoms with Gasteiger partial charge in [0, 0.05) is 30.5 Å². The van der Waals surface area contributed by atoms with E-state index in [0.717, 1.165) is 10.7 Å². The lowest BCUT2D eigenvalue weighted by atomic mass is 10.3. The molecule has 0 aliphatic carbocycles. The minimum atomic E-state index is 0.455. The normalized spacial score (nSPS) is 10.3. The lowest BCUT2D eigenvalue weighted by Crippen LogP contribution is -2.08. The number of hydrogen-bond acceptors (Lipinski definition) is 8. The summed E-state index contributed by atoms with van der Waals surface area (Å²) in [6.07, 6.45) is 6.70. The fourth-order valence-electron chi connectivity index (χ4n) is 1.71. The molecule has 7 nitrogen and oxygen atoms in total. The quantitative estimate of drug-likeness (QED) is 0.664. The Hall–Kier alpha value is -2.74. The molecule has 0 bridgehead atoms. The highest BCUT2D eigenvalue weighted by Gasteiger charge is 2.09. The van der Waals surface area contributed by atoms with Crippen molar-refractivity contribution in [1.29, 1.82) is 0 Å². The Labute approximate surface area is 125 Å². The van der Waals surface area contributed by atoms with Gasteiger partial charge in [0.15, 0.2) is 16.8 Å². The summed E-state index contributed by atoms with van der Waals surface area (Å²) in [5, 5.41) is 8.86. The third kappa shape index (κ3) is 3.23. The van der Waals surface area contributed by atoms with Gasteiger partial charge in [-0.3, -0.25) is 4.98 Å². The second-order valence-corrected chi connectivity index (χ2v) is 5.06. The van der Waals surface area contributed by atoms with Gasteiger partial charge < -0.3 is 16.4 Å². The monoisotopic (exact) mass is 299 g/mol. The van der Waals surface area contributed by atoms with Crippen molar-refractivity contribution < 1.29 is 0 Å². The number of anilines is 4. The van der Waals surface area contributed by atoms with Crippen LogP contribution in [0, 0.1) is 0 Å². The van der Waals surface area contributed by atoms with Crippen molar-refractivity contribution in [3.8, 4) is 0 Å². The van der Waals surface area contributed by atoms with Crippen LogP contribution in [-0.2, 0) is 6.54 Å². The maximum atomic E-state index is 6.08. The van der Waals surface area contributed by atoms with Crippen molar-refractivity contribution in [2.75, 3.05) is 16.4 Å². The molecule has 0 unspecified atom stereocenters. The van der Waals surface area contributed by atoms with Gasteiger partial charge >= 0.3 is 0 Å². The van der Waals surface area contributed by atoms with Crippen LogP contribution in [0.2, 0.25) is 0 Å². The molecule has 3 heterocycles. The summed E-state index contributed by atoms with van der Waals surface area (Å²) in [4.78, 5) is 16.5. The van der Waals surface area contributed by atoms with E-state index in [1.54, 1.807) is 18.6 Å². The van der Waals surface area contributed by atoms with E-state index in [1.807, 2.05) is 17.5 Å². The molecular formula is C13H13N7S. The van der Waals surface area contributed by atoms with Crippen molar-refractivity contribution in [1.82, 2.24) is 19.9 Å². The molecule has 0 amide bonds. The van der Waals surface area contributed by atoms with Crippen LogP contribution >= 0.6 is 11.3 Å². The zero-order valence-electron chi connectivity index (χ0n) is 11.0. The van der Waals surface area contributed by atoms with Gasteiger partial charge in [0.25, 0.3) is 0 Å². The first-order chi connectivity index (χ1) is 10.3. The van der Waals surface area contributed by atoms with Crippen LogP contribution in [0.1, 0.15) is 5.56 Å². The summed E-state index contributed by atoms with van der Waals surface area (Å²) < 4.78 is 0. The molecule has 0 aromatic carbocycles. The second-order valence-electron chi connectivity index (χ2n) is 4.16. The molecule has 3 aromatic heterocycles. The van der Waals surface area contributed by atoms with Gasteiger partial charge in [-0.1, -0.05) is 6.07 Å². The molecule has 21 heavy (non-hydrogen) atoms.